The molecule has 1 aliphatic carbocycles. The number of nitrogens with one attached hydrogen (secondary N) is 2. The van der Waals surface area contributed by atoms with E-state index in [9.17, 15) is 24.6 Å². The number of aromatic nitrogens is 4. The standard InChI is InChI=1S/C43H55Cl2N7O5/c1-6-31-35(20-14-25(2)13-15-27-16-18-28(19-17-27)43(56)57)50(4)39(46-31)41(54)48-32-11-7-9-29(37(32)44)30-10-8-12-33(38(30)45)49-42(55)40-47-34-24-52(23-26(3)53)22-21-36(34)51(40)5/h7-12,25-28,53H,6,13-24H2,1-5H3,(H,48,54)(H,49,55)(H,56,57)/t25?,26-,27-,28-/m1/s1. The van der Waals surface area contributed by atoms with Crippen LogP contribution in [-0.4, -0.2) is 71.2 Å². The normalized spacial score (nSPS) is 18.2. The van der Waals surface area contributed by atoms with E-state index in [1.807, 2.05) is 42.3 Å². The van der Waals surface area contributed by atoms with Gasteiger partial charge in [-0.15, -0.1) is 0 Å². The van der Waals surface area contributed by atoms with Gasteiger partial charge in [0, 0.05) is 62.7 Å². The third-order valence-electron chi connectivity index (χ3n) is 11.8. The number of anilines is 2. The van der Waals surface area contributed by atoms with Gasteiger partial charge in [0.25, 0.3) is 11.8 Å². The summed E-state index contributed by atoms with van der Waals surface area (Å²) >= 11 is 13.9. The van der Waals surface area contributed by atoms with Gasteiger partial charge in [-0.05, 0) is 75.8 Å². The number of amides is 2. The van der Waals surface area contributed by atoms with Gasteiger partial charge >= 0.3 is 5.97 Å². The van der Waals surface area contributed by atoms with Crippen molar-refractivity contribution in [3.8, 4) is 11.1 Å². The lowest BCUT2D eigenvalue weighted by molar-refractivity contribution is -0.143. The number of carbonyl (C=O) groups excluding carboxylic acids is 2. The fourth-order valence-corrected chi connectivity index (χ4v) is 9.03. The van der Waals surface area contributed by atoms with E-state index in [2.05, 4.69) is 27.4 Å². The van der Waals surface area contributed by atoms with Gasteiger partial charge < -0.3 is 30.0 Å². The first-order valence-electron chi connectivity index (χ1n) is 20.2. The van der Waals surface area contributed by atoms with Crippen LogP contribution in [-0.2, 0) is 44.7 Å². The number of rotatable bonds is 15. The molecule has 0 spiro atoms. The molecule has 2 amide bonds. The number of imidazole rings is 2. The van der Waals surface area contributed by atoms with Crippen LogP contribution in [0.2, 0.25) is 10.0 Å². The molecule has 2 aromatic carbocycles. The van der Waals surface area contributed by atoms with E-state index in [1.54, 1.807) is 31.2 Å². The predicted molar refractivity (Wildman–Crippen MR) is 224 cm³/mol. The number of carboxylic acid groups (broad SMARTS) is 1. The molecule has 2 atom stereocenters. The second-order valence-corrected chi connectivity index (χ2v) is 16.7. The predicted octanol–water partition coefficient (Wildman–Crippen LogP) is 8.17. The number of halogens is 2. The SMILES string of the molecule is CCc1nc(C(=O)Nc2cccc(-c3cccc(NC(=O)c4nc5c(n4C)CCN(C[C@@H](C)O)C5)c3Cl)c2Cl)n(C)c1CCC(C)CC[C@H]1CC[C@H](C(=O)O)CC1. The molecule has 2 aliphatic rings. The van der Waals surface area contributed by atoms with Crippen LogP contribution in [0.4, 0.5) is 11.4 Å². The van der Waals surface area contributed by atoms with Gasteiger partial charge in [-0.1, -0.05) is 74.2 Å². The molecular formula is C43H55Cl2N7O5. The van der Waals surface area contributed by atoms with E-state index in [0.29, 0.717) is 69.7 Å². The van der Waals surface area contributed by atoms with Crippen molar-refractivity contribution in [2.24, 2.45) is 31.8 Å². The number of fused-ring (bicyclic) bond motifs is 1. The Labute approximate surface area is 345 Å². The largest absolute Gasteiger partial charge is 0.481 e. The molecule has 1 saturated carbocycles. The minimum absolute atomic E-state index is 0.181. The topological polar surface area (TPSA) is 155 Å². The highest BCUT2D eigenvalue weighted by Crippen LogP contribution is 2.40. The van der Waals surface area contributed by atoms with Crippen LogP contribution in [0.3, 0.4) is 0 Å². The molecule has 12 nitrogen and oxygen atoms in total. The average molecular weight is 821 g/mol. The highest BCUT2D eigenvalue weighted by molar-refractivity contribution is 6.40. The first kappa shape index (κ1) is 42.4. The van der Waals surface area contributed by atoms with Crippen LogP contribution in [0.1, 0.15) is 110 Å². The number of hydrogen-bond donors (Lipinski definition) is 4. The number of carboxylic acids is 1. The maximum atomic E-state index is 13.8. The van der Waals surface area contributed by atoms with Crippen LogP contribution in [0.25, 0.3) is 11.1 Å². The van der Waals surface area contributed by atoms with Gasteiger partial charge in [0.15, 0.2) is 11.6 Å². The van der Waals surface area contributed by atoms with Crippen LogP contribution < -0.4 is 10.6 Å². The van der Waals surface area contributed by atoms with Crippen molar-refractivity contribution in [3.63, 3.8) is 0 Å². The minimum Gasteiger partial charge on any atom is -0.481 e. The van der Waals surface area contributed by atoms with E-state index in [0.717, 1.165) is 87.1 Å². The molecule has 1 unspecified atom stereocenters. The quantitative estimate of drug-likeness (QED) is 0.0937. The fourth-order valence-electron chi connectivity index (χ4n) is 8.48. The molecule has 4 aromatic rings. The Balaban J connectivity index is 1.11. The maximum Gasteiger partial charge on any atom is 0.306 e. The zero-order valence-electron chi connectivity index (χ0n) is 33.6. The monoisotopic (exact) mass is 819 g/mol. The molecule has 1 fully saturated rings. The molecule has 2 aromatic heterocycles. The van der Waals surface area contributed by atoms with E-state index in [-0.39, 0.29) is 17.6 Å². The number of aryl methyl sites for hydroxylation is 1. The number of β-amino-alcohol motifs (C(OH)–C–C–N with tert-alkyl or cyclic N) is 1. The van der Waals surface area contributed by atoms with E-state index in [4.69, 9.17) is 28.2 Å². The van der Waals surface area contributed by atoms with Crippen molar-refractivity contribution in [2.45, 2.75) is 97.6 Å². The summed E-state index contributed by atoms with van der Waals surface area (Å²) in [6.07, 6.45) is 8.53. The number of benzene rings is 2. The number of aliphatic hydroxyl groups is 1. The smallest absolute Gasteiger partial charge is 0.306 e. The van der Waals surface area contributed by atoms with Crippen LogP contribution >= 0.6 is 23.2 Å². The van der Waals surface area contributed by atoms with Crippen LogP contribution in [0, 0.1) is 17.8 Å². The maximum absolute atomic E-state index is 13.8. The zero-order valence-corrected chi connectivity index (χ0v) is 35.1. The number of aliphatic carboxylic acids is 1. The molecule has 0 bridgehead atoms. The van der Waals surface area contributed by atoms with Crippen LogP contribution in [0.15, 0.2) is 36.4 Å². The Morgan fingerprint density at radius 3 is 2.04 bits per heavy atom. The minimum atomic E-state index is -0.660. The van der Waals surface area contributed by atoms with Crippen molar-refractivity contribution in [3.05, 3.63) is 80.9 Å². The molecule has 6 rings (SSSR count). The van der Waals surface area contributed by atoms with Gasteiger partial charge in [-0.2, -0.15) is 0 Å². The summed E-state index contributed by atoms with van der Waals surface area (Å²) in [5.74, 6) is 0.0642. The lowest BCUT2D eigenvalue weighted by Crippen LogP contribution is -2.36. The molecule has 0 radical (unpaired) electrons. The summed E-state index contributed by atoms with van der Waals surface area (Å²) < 4.78 is 3.71. The zero-order chi connectivity index (χ0) is 41.0. The lowest BCUT2D eigenvalue weighted by atomic mass is 9.79. The Morgan fingerprint density at radius 2 is 1.47 bits per heavy atom. The third-order valence-corrected chi connectivity index (χ3v) is 12.6. The fraction of sp³-hybridized carbons (Fsp3) is 0.512. The van der Waals surface area contributed by atoms with Crippen molar-refractivity contribution in [1.82, 2.24) is 24.0 Å². The molecule has 14 heteroatoms. The van der Waals surface area contributed by atoms with Gasteiger partial charge in [0.05, 0.1) is 44.8 Å². The summed E-state index contributed by atoms with van der Waals surface area (Å²) in [5.41, 5.74) is 5.73. The molecule has 3 heterocycles. The second-order valence-electron chi connectivity index (χ2n) is 16.0. The van der Waals surface area contributed by atoms with Gasteiger partial charge in [0.2, 0.25) is 0 Å². The summed E-state index contributed by atoms with van der Waals surface area (Å²) in [6, 6.07) is 10.6. The third kappa shape index (κ3) is 9.74. The van der Waals surface area contributed by atoms with Crippen molar-refractivity contribution >= 4 is 52.4 Å². The van der Waals surface area contributed by atoms with E-state index < -0.39 is 18.0 Å². The highest BCUT2D eigenvalue weighted by Gasteiger charge is 2.28. The summed E-state index contributed by atoms with van der Waals surface area (Å²) in [4.78, 5) is 50.2. The molecule has 4 N–H and O–H groups in total. The average Bonchev–Trinajstić information content (AvgIpc) is 3.69. The lowest BCUT2D eigenvalue weighted by Gasteiger charge is -2.27. The Bertz CT molecular complexity index is 2100. The van der Waals surface area contributed by atoms with Gasteiger partial charge in [-0.25, -0.2) is 9.97 Å². The Morgan fingerprint density at radius 1 is 0.877 bits per heavy atom. The van der Waals surface area contributed by atoms with Gasteiger partial charge in [-0.3, -0.25) is 19.3 Å². The Hall–Kier alpha value is -4.23. The number of hydrogen-bond acceptors (Lipinski definition) is 7. The van der Waals surface area contributed by atoms with Crippen molar-refractivity contribution in [1.29, 1.82) is 0 Å². The number of aliphatic hydroxyl groups excluding tert-OH is 1. The number of nitrogens with zero attached hydrogens (tertiary/aromatic N) is 5. The first-order valence-corrected chi connectivity index (χ1v) is 20.9. The second kappa shape index (κ2) is 18.6. The van der Waals surface area contributed by atoms with Crippen molar-refractivity contribution in [2.75, 3.05) is 23.7 Å². The van der Waals surface area contributed by atoms with E-state index >= 15 is 0 Å². The van der Waals surface area contributed by atoms with Gasteiger partial charge in [0.1, 0.15) is 0 Å². The molecular weight excluding hydrogens is 765 g/mol. The highest BCUT2D eigenvalue weighted by atomic mass is 35.5. The molecule has 1 aliphatic heterocycles. The summed E-state index contributed by atoms with van der Waals surface area (Å²) in [5, 5.41) is 25.6. The van der Waals surface area contributed by atoms with Crippen molar-refractivity contribution < 1.29 is 24.6 Å². The summed E-state index contributed by atoms with van der Waals surface area (Å²) in [6.45, 7) is 7.95. The number of carbonyl (C=O) groups is 3. The van der Waals surface area contributed by atoms with Crippen LogP contribution in [0.5, 0.6) is 0 Å². The molecule has 0 saturated heterocycles. The molecule has 306 valence electrons. The van der Waals surface area contributed by atoms with E-state index in [1.165, 1.54) is 0 Å². The Kier molecular flexibility index (Phi) is 13.8. The molecule has 57 heavy (non-hydrogen) atoms. The summed E-state index contributed by atoms with van der Waals surface area (Å²) in [7, 11) is 3.71. The first-order chi connectivity index (χ1) is 27.2.